The fraction of sp³-hybridized carbons (Fsp3) is 0.308. The van der Waals surface area contributed by atoms with Gasteiger partial charge in [-0.25, -0.2) is 9.97 Å². The average Bonchev–Trinajstić information content (AvgIpc) is 2.65. The minimum atomic E-state index is 0.0983. The largest absolute Gasteiger partial charge is 0.236 e. The lowest BCUT2D eigenvalue weighted by Gasteiger charge is -2.21. The summed E-state index contributed by atoms with van der Waals surface area (Å²) in [6.07, 6.45) is 1.72. The van der Waals surface area contributed by atoms with Crippen LogP contribution in [0.4, 0.5) is 0 Å². The maximum atomic E-state index is 4.72. The van der Waals surface area contributed by atoms with Gasteiger partial charge in [-0.3, -0.25) is 0 Å². The van der Waals surface area contributed by atoms with Crippen LogP contribution in [0.1, 0.15) is 57.2 Å². The molecule has 1 aromatic heterocycles. The number of hydrogen-bond donors (Lipinski definition) is 0. The second kappa shape index (κ2) is 6.70. The van der Waals surface area contributed by atoms with Crippen LogP contribution >= 0.6 is 0 Å². The molecule has 142 valence electrons. The molecule has 0 N–H and O–H groups in total. The second-order valence-corrected chi connectivity index (χ2v) is 9.12. The third kappa shape index (κ3) is 3.17. The molecule has 0 aliphatic heterocycles. The van der Waals surface area contributed by atoms with Gasteiger partial charge in [-0.15, -0.1) is 0 Å². The van der Waals surface area contributed by atoms with Gasteiger partial charge in [0.05, 0.1) is 11.2 Å². The fourth-order valence-corrected chi connectivity index (χ4v) is 3.99. The predicted molar refractivity (Wildman–Crippen MR) is 120 cm³/mol. The van der Waals surface area contributed by atoms with E-state index < -0.39 is 0 Å². The molecule has 0 radical (unpaired) electrons. The van der Waals surface area contributed by atoms with E-state index in [1.807, 2.05) is 0 Å². The van der Waals surface area contributed by atoms with Crippen LogP contribution in [0.5, 0.6) is 0 Å². The van der Waals surface area contributed by atoms with Crippen molar-refractivity contribution in [2.45, 2.75) is 52.9 Å². The molecule has 0 fully saturated rings. The zero-order chi connectivity index (χ0) is 20.1. The van der Waals surface area contributed by atoms with Crippen molar-refractivity contribution in [3.63, 3.8) is 0 Å². The van der Waals surface area contributed by atoms with E-state index in [0.717, 1.165) is 16.6 Å². The van der Waals surface area contributed by atoms with E-state index in [2.05, 4.69) is 90.1 Å². The lowest BCUT2D eigenvalue weighted by molar-refractivity contribution is 0.590. The lowest BCUT2D eigenvalue weighted by Crippen LogP contribution is -2.11. The first kappa shape index (κ1) is 18.6. The molecular weight excluding hydrogens is 340 g/mol. The summed E-state index contributed by atoms with van der Waals surface area (Å²) >= 11 is 0. The Kier molecular flexibility index (Phi) is 4.45. The molecule has 1 heterocycles. The van der Waals surface area contributed by atoms with Crippen LogP contribution < -0.4 is 0 Å². The van der Waals surface area contributed by atoms with Gasteiger partial charge in [-0.05, 0) is 53.0 Å². The molecule has 0 saturated carbocycles. The van der Waals surface area contributed by atoms with Gasteiger partial charge in [0.15, 0.2) is 0 Å². The lowest BCUT2D eigenvalue weighted by atomic mass is 9.84. The molecule has 28 heavy (non-hydrogen) atoms. The molecule has 0 bridgehead atoms. The maximum absolute atomic E-state index is 4.72. The topological polar surface area (TPSA) is 25.8 Å². The van der Waals surface area contributed by atoms with Gasteiger partial charge in [-0.2, -0.15) is 0 Å². The van der Waals surface area contributed by atoms with Crippen molar-refractivity contribution < 1.29 is 0 Å². The number of rotatable bonds is 2. The van der Waals surface area contributed by atoms with Gasteiger partial charge in [0, 0.05) is 16.3 Å². The first-order chi connectivity index (χ1) is 13.3. The summed E-state index contributed by atoms with van der Waals surface area (Å²) in [7, 11) is 0. The molecule has 0 aliphatic carbocycles. The minimum absolute atomic E-state index is 0.0983. The van der Waals surface area contributed by atoms with Crippen molar-refractivity contribution in [2.24, 2.45) is 0 Å². The Bertz CT molecular complexity index is 1180. The van der Waals surface area contributed by atoms with Crippen LogP contribution in [0.3, 0.4) is 0 Å². The molecule has 0 saturated heterocycles. The third-order valence-electron chi connectivity index (χ3n) is 5.52. The third-order valence-corrected chi connectivity index (χ3v) is 5.52. The highest BCUT2D eigenvalue weighted by Gasteiger charge is 2.17. The summed E-state index contributed by atoms with van der Waals surface area (Å²) in [5.41, 5.74) is 7.26. The monoisotopic (exact) mass is 368 g/mol. The van der Waals surface area contributed by atoms with Crippen LogP contribution in [-0.4, -0.2) is 9.97 Å². The Morgan fingerprint density at radius 3 is 2.39 bits per heavy atom. The van der Waals surface area contributed by atoms with Gasteiger partial charge >= 0.3 is 0 Å². The smallest absolute Gasteiger partial charge is 0.116 e. The molecule has 0 spiro atoms. The fourth-order valence-electron chi connectivity index (χ4n) is 3.99. The minimum Gasteiger partial charge on any atom is -0.236 e. The normalized spacial score (nSPS) is 12.2. The Labute approximate surface area is 167 Å². The SMILES string of the molecule is Cc1cc(-c2ncnc3c2ccc2cccc(C(C)C)c23)cc(C(C)(C)C)c1. The number of hydrogen-bond acceptors (Lipinski definition) is 2. The molecule has 0 unspecified atom stereocenters. The zero-order valence-electron chi connectivity index (χ0n) is 17.7. The molecule has 0 amide bonds. The molecule has 2 heteroatoms. The summed E-state index contributed by atoms with van der Waals surface area (Å²) in [5.74, 6) is 0.444. The molecule has 2 nitrogen and oxygen atoms in total. The van der Waals surface area contributed by atoms with E-state index in [1.165, 1.54) is 33.0 Å². The molecule has 4 rings (SSSR count). The molecule has 0 aliphatic rings. The van der Waals surface area contributed by atoms with Crippen molar-refractivity contribution in [3.8, 4) is 11.3 Å². The Morgan fingerprint density at radius 1 is 0.893 bits per heavy atom. The highest BCUT2D eigenvalue weighted by molar-refractivity contribution is 6.10. The number of aromatic nitrogens is 2. The summed E-state index contributed by atoms with van der Waals surface area (Å²) in [6, 6.07) is 17.7. The van der Waals surface area contributed by atoms with E-state index in [1.54, 1.807) is 6.33 Å². The quantitative estimate of drug-likeness (QED) is 0.350. The highest BCUT2D eigenvalue weighted by Crippen LogP contribution is 2.36. The Morgan fingerprint density at radius 2 is 1.68 bits per heavy atom. The van der Waals surface area contributed by atoms with Crippen molar-refractivity contribution in [3.05, 3.63) is 71.5 Å². The van der Waals surface area contributed by atoms with Crippen LogP contribution in [-0.2, 0) is 5.41 Å². The van der Waals surface area contributed by atoms with Gasteiger partial charge in [-0.1, -0.05) is 70.5 Å². The molecule has 3 aromatic carbocycles. The number of nitrogens with zero attached hydrogens (tertiary/aromatic N) is 2. The van der Waals surface area contributed by atoms with E-state index >= 15 is 0 Å². The summed E-state index contributed by atoms with van der Waals surface area (Å²) in [6.45, 7) is 13.4. The van der Waals surface area contributed by atoms with Gasteiger partial charge in [0.1, 0.15) is 6.33 Å². The van der Waals surface area contributed by atoms with Crippen LogP contribution in [0.15, 0.2) is 54.9 Å². The van der Waals surface area contributed by atoms with Crippen LogP contribution in [0.2, 0.25) is 0 Å². The summed E-state index contributed by atoms with van der Waals surface area (Å²) in [4.78, 5) is 9.43. The van der Waals surface area contributed by atoms with Crippen LogP contribution in [0.25, 0.3) is 32.9 Å². The first-order valence-corrected chi connectivity index (χ1v) is 10.0. The highest BCUT2D eigenvalue weighted by atomic mass is 14.8. The summed E-state index contributed by atoms with van der Waals surface area (Å²) in [5, 5.41) is 3.61. The van der Waals surface area contributed by atoms with Crippen molar-refractivity contribution in [1.82, 2.24) is 9.97 Å². The zero-order valence-corrected chi connectivity index (χ0v) is 17.7. The predicted octanol–water partition coefficient (Wildman–Crippen LogP) is 7.18. The van der Waals surface area contributed by atoms with E-state index in [4.69, 9.17) is 9.97 Å². The standard InChI is InChI=1S/C26H28N2/c1-16(2)21-9-7-8-18-10-11-22-24(27-15-28-25(22)23(18)21)19-12-17(3)13-20(14-19)26(4,5)6/h7-16H,1-6H3. The van der Waals surface area contributed by atoms with Crippen molar-refractivity contribution in [2.75, 3.05) is 0 Å². The Balaban J connectivity index is 2.05. The maximum Gasteiger partial charge on any atom is 0.116 e. The molecule has 0 atom stereocenters. The first-order valence-electron chi connectivity index (χ1n) is 10.0. The van der Waals surface area contributed by atoms with E-state index in [-0.39, 0.29) is 5.41 Å². The van der Waals surface area contributed by atoms with Crippen molar-refractivity contribution >= 4 is 21.7 Å². The van der Waals surface area contributed by atoms with Gasteiger partial charge in [0.25, 0.3) is 0 Å². The molecule has 4 aromatic rings. The van der Waals surface area contributed by atoms with E-state index in [9.17, 15) is 0 Å². The van der Waals surface area contributed by atoms with Gasteiger partial charge in [0.2, 0.25) is 0 Å². The van der Waals surface area contributed by atoms with Gasteiger partial charge < -0.3 is 0 Å². The molecular formula is C26H28N2. The number of aryl methyl sites for hydroxylation is 1. The van der Waals surface area contributed by atoms with Crippen molar-refractivity contribution in [1.29, 1.82) is 0 Å². The second-order valence-electron chi connectivity index (χ2n) is 9.12. The Hall–Kier alpha value is -2.74. The summed E-state index contributed by atoms with van der Waals surface area (Å²) < 4.78 is 0. The van der Waals surface area contributed by atoms with E-state index in [0.29, 0.717) is 5.92 Å². The number of fused-ring (bicyclic) bond motifs is 3. The number of benzene rings is 3. The van der Waals surface area contributed by atoms with Crippen LogP contribution in [0, 0.1) is 6.92 Å². The average molecular weight is 369 g/mol.